The Morgan fingerprint density at radius 3 is 2.68 bits per heavy atom. The van der Waals surface area contributed by atoms with E-state index in [0.717, 1.165) is 42.9 Å². The number of aromatic nitrogens is 1. The van der Waals surface area contributed by atoms with Crippen LogP contribution in [-0.2, 0) is 10.0 Å². The summed E-state index contributed by atoms with van der Waals surface area (Å²) < 4.78 is 41.4. The van der Waals surface area contributed by atoms with Gasteiger partial charge in [0.1, 0.15) is 10.7 Å². The molecule has 1 fully saturated rings. The van der Waals surface area contributed by atoms with Crippen LogP contribution in [-0.4, -0.2) is 32.5 Å². The van der Waals surface area contributed by atoms with Gasteiger partial charge in [-0.1, -0.05) is 24.4 Å². The van der Waals surface area contributed by atoms with Crippen LogP contribution >= 0.6 is 22.9 Å². The molecule has 154 valence electrons. The molecule has 28 heavy (non-hydrogen) atoms. The molecule has 0 saturated heterocycles. The first-order valence-electron chi connectivity index (χ1n) is 9.34. The predicted octanol–water partition coefficient (Wildman–Crippen LogP) is 4.46. The first-order chi connectivity index (χ1) is 13.5. The van der Waals surface area contributed by atoms with Crippen LogP contribution in [0.4, 0.5) is 15.2 Å². The van der Waals surface area contributed by atoms with Gasteiger partial charge in [0.25, 0.3) is 10.0 Å². The Balaban J connectivity index is 1.51. The van der Waals surface area contributed by atoms with Crippen molar-refractivity contribution in [2.75, 3.05) is 23.1 Å². The molecule has 1 heterocycles. The summed E-state index contributed by atoms with van der Waals surface area (Å²) in [6.07, 6.45) is 8.53. The lowest BCUT2D eigenvalue weighted by atomic mass is 10.2. The number of benzene rings is 1. The van der Waals surface area contributed by atoms with Gasteiger partial charge in [-0.15, -0.1) is 11.3 Å². The SMILES string of the molecule is O=S(=O)(Nc1nccs1)c1cc(Cl)c(NCCCCNC2CCCC2)cc1F. The third-order valence-electron chi connectivity index (χ3n) is 4.67. The molecule has 0 radical (unpaired) electrons. The number of anilines is 2. The first kappa shape index (κ1) is 21.3. The maximum Gasteiger partial charge on any atom is 0.266 e. The van der Waals surface area contributed by atoms with Crippen molar-refractivity contribution < 1.29 is 12.8 Å². The van der Waals surface area contributed by atoms with Gasteiger partial charge in [-0.2, -0.15) is 0 Å². The summed E-state index contributed by atoms with van der Waals surface area (Å²) in [5, 5.41) is 8.58. The molecule has 1 saturated carbocycles. The van der Waals surface area contributed by atoms with E-state index in [9.17, 15) is 12.8 Å². The molecule has 0 bridgehead atoms. The minimum atomic E-state index is -4.09. The molecule has 1 aliphatic rings. The highest BCUT2D eigenvalue weighted by Gasteiger charge is 2.22. The van der Waals surface area contributed by atoms with Crippen molar-refractivity contribution in [2.24, 2.45) is 0 Å². The second-order valence-electron chi connectivity index (χ2n) is 6.77. The molecule has 1 aromatic heterocycles. The molecule has 1 aliphatic carbocycles. The number of rotatable bonds is 10. The molecule has 1 aromatic carbocycles. The highest BCUT2D eigenvalue weighted by atomic mass is 35.5. The Bertz CT molecular complexity index is 872. The van der Waals surface area contributed by atoms with Gasteiger partial charge in [-0.05, 0) is 44.4 Å². The zero-order valence-corrected chi connectivity index (χ0v) is 17.8. The van der Waals surface area contributed by atoms with E-state index in [1.54, 1.807) is 5.38 Å². The van der Waals surface area contributed by atoms with E-state index >= 15 is 0 Å². The van der Waals surface area contributed by atoms with Crippen LogP contribution in [0.15, 0.2) is 28.6 Å². The van der Waals surface area contributed by atoms with Crippen LogP contribution in [0, 0.1) is 5.82 Å². The topological polar surface area (TPSA) is 83.1 Å². The zero-order valence-electron chi connectivity index (χ0n) is 15.4. The van der Waals surface area contributed by atoms with E-state index in [1.165, 1.54) is 31.9 Å². The van der Waals surface area contributed by atoms with Gasteiger partial charge < -0.3 is 10.6 Å². The predicted molar refractivity (Wildman–Crippen MR) is 112 cm³/mol. The van der Waals surface area contributed by atoms with Crippen LogP contribution in [0.3, 0.4) is 0 Å². The molecule has 3 N–H and O–H groups in total. The Kier molecular flexibility index (Phi) is 7.50. The highest BCUT2D eigenvalue weighted by molar-refractivity contribution is 7.93. The van der Waals surface area contributed by atoms with Crippen LogP contribution in [0.25, 0.3) is 0 Å². The lowest BCUT2D eigenvalue weighted by Gasteiger charge is -2.13. The lowest BCUT2D eigenvalue weighted by molar-refractivity contribution is 0.510. The summed E-state index contributed by atoms with van der Waals surface area (Å²) >= 11 is 7.28. The van der Waals surface area contributed by atoms with Gasteiger partial charge in [-0.25, -0.2) is 17.8 Å². The van der Waals surface area contributed by atoms with Gasteiger partial charge in [0, 0.05) is 24.2 Å². The summed E-state index contributed by atoms with van der Waals surface area (Å²) in [6, 6.07) is 2.90. The Morgan fingerprint density at radius 2 is 1.96 bits per heavy atom. The number of hydrogen-bond acceptors (Lipinski definition) is 6. The number of unbranched alkanes of at least 4 members (excludes halogenated alkanes) is 1. The van der Waals surface area contributed by atoms with Crippen molar-refractivity contribution in [3.63, 3.8) is 0 Å². The molecule has 0 atom stereocenters. The highest BCUT2D eigenvalue weighted by Crippen LogP contribution is 2.29. The average Bonchev–Trinajstić information content (AvgIpc) is 3.34. The monoisotopic (exact) mass is 446 g/mol. The molecular weight excluding hydrogens is 423 g/mol. The van der Waals surface area contributed by atoms with Gasteiger partial charge in [0.2, 0.25) is 0 Å². The summed E-state index contributed by atoms with van der Waals surface area (Å²) in [5.74, 6) is -0.862. The third kappa shape index (κ3) is 5.79. The summed E-state index contributed by atoms with van der Waals surface area (Å²) in [5.41, 5.74) is 0.385. The molecule has 6 nitrogen and oxygen atoms in total. The lowest BCUT2D eigenvalue weighted by Crippen LogP contribution is -2.27. The summed E-state index contributed by atoms with van der Waals surface area (Å²) in [7, 11) is -4.09. The molecule has 10 heteroatoms. The number of nitrogens with one attached hydrogen (secondary N) is 3. The van der Waals surface area contributed by atoms with E-state index in [2.05, 4.69) is 20.3 Å². The second-order valence-corrected chi connectivity index (χ2v) is 9.73. The van der Waals surface area contributed by atoms with Crippen molar-refractivity contribution in [2.45, 2.75) is 49.5 Å². The maximum atomic E-state index is 14.4. The molecular formula is C18H24ClFN4O2S2. The molecule has 0 spiro atoms. The zero-order chi connectivity index (χ0) is 20.0. The fraction of sp³-hybridized carbons (Fsp3) is 0.500. The molecule has 0 amide bonds. The normalized spacial score (nSPS) is 15.1. The maximum absolute atomic E-state index is 14.4. The van der Waals surface area contributed by atoms with Crippen molar-refractivity contribution in [3.8, 4) is 0 Å². The van der Waals surface area contributed by atoms with E-state index < -0.39 is 20.7 Å². The van der Waals surface area contributed by atoms with Crippen molar-refractivity contribution >= 4 is 43.8 Å². The number of nitrogens with zero attached hydrogens (tertiary/aromatic N) is 1. The van der Waals surface area contributed by atoms with E-state index in [1.807, 2.05) is 0 Å². The van der Waals surface area contributed by atoms with Crippen molar-refractivity contribution in [3.05, 3.63) is 34.5 Å². The Morgan fingerprint density at radius 1 is 1.21 bits per heavy atom. The van der Waals surface area contributed by atoms with Gasteiger partial charge in [0.15, 0.2) is 5.13 Å². The Labute approximate surface area is 174 Å². The first-order valence-corrected chi connectivity index (χ1v) is 12.1. The molecule has 0 aliphatic heterocycles. The Hall–Kier alpha value is -1.42. The quantitative estimate of drug-likeness (QED) is 0.469. The fourth-order valence-electron chi connectivity index (χ4n) is 3.22. The average molecular weight is 447 g/mol. The number of hydrogen-bond donors (Lipinski definition) is 3. The van der Waals surface area contributed by atoms with Crippen molar-refractivity contribution in [1.29, 1.82) is 0 Å². The molecule has 0 unspecified atom stereocenters. The van der Waals surface area contributed by atoms with Crippen LogP contribution in [0.5, 0.6) is 0 Å². The minimum absolute atomic E-state index is 0.157. The largest absolute Gasteiger partial charge is 0.384 e. The van der Waals surface area contributed by atoms with Gasteiger partial charge in [0.05, 0.1) is 10.7 Å². The fourth-order valence-corrected chi connectivity index (χ4v) is 5.39. The van der Waals surface area contributed by atoms with Crippen LogP contribution in [0.2, 0.25) is 5.02 Å². The van der Waals surface area contributed by atoms with Crippen LogP contribution in [0.1, 0.15) is 38.5 Å². The summed E-state index contributed by atoms with van der Waals surface area (Å²) in [6.45, 7) is 1.60. The molecule has 3 rings (SSSR count). The van der Waals surface area contributed by atoms with E-state index in [4.69, 9.17) is 11.6 Å². The van der Waals surface area contributed by atoms with E-state index in [-0.39, 0.29) is 10.2 Å². The smallest absolute Gasteiger partial charge is 0.266 e. The molecule has 2 aromatic rings. The summed E-state index contributed by atoms with van der Waals surface area (Å²) in [4.78, 5) is 3.34. The third-order valence-corrected chi connectivity index (χ3v) is 7.16. The van der Waals surface area contributed by atoms with Crippen LogP contribution < -0.4 is 15.4 Å². The second kappa shape index (κ2) is 9.87. The number of thiazole rings is 1. The number of sulfonamides is 1. The van der Waals surface area contributed by atoms with Gasteiger partial charge in [-0.3, -0.25) is 4.72 Å². The van der Waals surface area contributed by atoms with Gasteiger partial charge >= 0.3 is 0 Å². The van der Waals surface area contributed by atoms with Crippen molar-refractivity contribution in [1.82, 2.24) is 10.3 Å². The van der Waals surface area contributed by atoms with E-state index in [0.29, 0.717) is 18.3 Å². The standard InChI is InChI=1S/C18H24ClFN4O2S2/c19-14-11-17(28(25,26)24-18-23-9-10-27-18)15(20)12-16(14)22-8-4-3-7-21-13-5-1-2-6-13/h9-13,21-22H,1-8H2,(H,23,24). The number of halogens is 2. The minimum Gasteiger partial charge on any atom is -0.384 e.